The highest BCUT2D eigenvalue weighted by molar-refractivity contribution is 14.0. The first-order valence-corrected chi connectivity index (χ1v) is 10.3. The maximum Gasteiger partial charge on any atom is 0.191 e. The summed E-state index contributed by atoms with van der Waals surface area (Å²) in [6.45, 7) is 8.96. The minimum absolute atomic E-state index is 0. The Hall–Kier alpha value is -1.13. The summed E-state index contributed by atoms with van der Waals surface area (Å²) >= 11 is 0. The molecule has 3 heterocycles. The summed E-state index contributed by atoms with van der Waals surface area (Å²) in [7, 11) is 0. The Morgan fingerprint density at radius 3 is 2.96 bits per heavy atom. The zero-order chi connectivity index (χ0) is 18.7. The van der Waals surface area contributed by atoms with E-state index in [1.54, 1.807) is 0 Å². The molecular formula is C20H34IN5O2. The average Bonchev–Trinajstić information content (AvgIpc) is 3.40. The summed E-state index contributed by atoms with van der Waals surface area (Å²) in [5.41, 5.74) is 1.19. The maximum atomic E-state index is 5.80. The van der Waals surface area contributed by atoms with Crippen molar-refractivity contribution in [2.24, 2.45) is 4.99 Å². The van der Waals surface area contributed by atoms with E-state index in [4.69, 9.17) is 14.5 Å². The molecule has 2 fully saturated rings. The third kappa shape index (κ3) is 7.71. The van der Waals surface area contributed by atoms with Crippen molar-refractivity contribution in [3.63, 3.8) is 0 Å². The van der Waals surface area contributed by atoms with Crippen LogP contribution in [-0.4, -0.2) is 63.0 Å². The van der Waals surface area contributed by atoms with E-state index in [9.17, 15) is 0 Å². The number of ether oxygens (including phenoxy) is 2. The first kappa shape index (κ1) is 23.2. The van der Waals surface area contributed by atoms with Gasteiger partial charge in [0.05, 0.1) is 19.3 Å². The fourth-order valence-electron chi connectivity index (χ4n) is 3.36. The minimum atomic E-state index is 0. The predicted molar refractivity (Wildman–Crippen MR) is 124 cm³/mol. The topological polar surface area (TPSA) is 71.0 Å². The fourth-order valence-corrected chi connectivity index (χ4v) is 3.36. The lowest BCUT2D eigenvalue weighted by molar-refractivity contribution is 0.0420. The Labute approximate surface area is 185 Å². The highest BCUT2D eigenvalue weighted by atomic mass is 127. The summed E-state index contributed by atoms with van der Waals surface area (Å²) in [4.78, 5) is 11.6. The van der Waals surface area contributed by atoms with Gasteiger partial charge in [-0.05, 0) is 50.3 Å². The number of pyridine rings is 1. The van der Waals surface area contributed by atoms with E-state index in [0.717, 1.165) is 70.6 Å². The molecule has 28 heavy (non-hydrogen) atoms. The van der Waals surface area contributed by atoms with Crippen LogP contribution >= 0.6 is 24.0 Å². The largest absolute Gasteiger partial charge is 0.379 e. The highest BCUT2D eigenvalue weighted by Crippen LogP contribution is 2.18. The minimum Gasteiger partial charge on any atom is -0.379 e. The molecule has 0 saturated carbocycles. The van der Waals surface area contributed by atoms with Crippen LogP contribution in [0.3, 0.4) is 0 Å². The SMILES string of the molecule is CCNC(=NCc1ccnc(N2CCCC2)c1)NCCCOC1CCOC1.I. The Bertz CT molecular complexity index is 590. The van der Waals surface area contributed by atoms with Crippen molar-refractivity contribution in [2.45, 2.75) is 45.3 Å². The second kappa shape index (κ2) is 13.2. The van der Waals surface area contributed by atoms with Crippen LogP contribution in [0.5, 0.6) is 0 Å². The summed E-state index contributed by atoms with van der Waals surface area (Å²) in [6, 6.07) is 4.21. The van der Waals surface area contributed by atoms with Crippen molar-refractivity contribution in [1.29, 1.82) is 0 Å². The van der Waals surface area contributed by atoms with Crippen molar-refractivity contribution in [1.82, 2.24) is 15.6 Å². The first-order valence-electron chi connectivity index (χ1n) is 10.3. The van der Waals surface area contributed by atoms with E-state index in [2.05, 4.69) is 33.5 Å². The molecule has 1 aromatic rings. The zero-order valence-electron chi connectivity index (χ0n) is 16.9. The van der Waals surface area contributed by atoms with Gasteiger partial charge in [-0.15, -0.1) is 24.0 Å². The maximum absolute atomic E-state index is 5.80. The molecule has 7 nitrogen and oxygen atoms in total. The summed E-state index contributed by atoms with van der Waals surface area (Å²) in [6.07, 6.45) is 6.66. The monoisotopic (exact) mass is 503 g/mol. The third-order valence-electron chi connectivity index (χ3n) is 4.86. The normalized spacial score (nSPS) is 19.5. The van der Waals surface area contributed by atoms with Gasteiger partial charge in [-0.25, -0.2) is 9.98 Å². The van der Waals surface area contributed by atoms with E-state index in [0.29, 0.717) is 6.54 Å². The first-order chi connectivity index (χ1) is 13.3. The van der Waals surface area contributed by atoms with E-state index in [1.807, 2.05) is 12.3 Å². The molecule has 2 N–H and O–H groups in total. The third-order valence-corrected chi connectivity index (χ3v) is 4.86. The Kier molecular flexibility index (Phi) is 10.9. The number of hydrogen-bond donors (Lipinski definition) is 2. The molecule has 0 aliphatic carbocycles. The fraction of sp³-hybridized carbons (Fsp3) is 0.700. The van der Waals surface area contributed by atoms with E-state index in [-0.39, 0.29) is 30.1 Å². The second-order valence-corrected chi connectivity index (χ2v) is 7.05. The Balaban J connectivity index is 0.00000280. The molecule has 0 amide bonds. The molecule has 0 spiro atoms. The predicted octanol–water partition coefficient (Wildman–Crippen LogP) is 2.55. The van der Waals surface area contributed by atoms with Crippen molar-refractivity contribution in [3.05, 3.63) is 23.9 Å². The van der Waals surface area contributed by atoms with Gasteiger partial charge in [0.1, 0.15) is 5.82 Å². The number of hydrogen-bond acceptors (Lipinski definition) is 5. The molecule has 0 radical (unpaired) electrons. The molecule has 2 saturated heterocycles. The summed E-state index contributed by atoms with van der Waals surface area (Å²) in [5, 5.41) is 6.69. The van der Waals surface area contributed by atoms with Crippen LogP contribution in [0.1, 0.15) is 38.2 Å². The van der Waals surface area contributed by atoms with Crippen LogP contribution in [-0.2, 0) is 16.0 Å². The van der Waals surface area contributed by atoms with Crippen LogP contribution in [0, 0.1) is 0 Å². The number of aliphatic imine (C=N–C) groups is 1. The lowest BCUT2D eigenvalue weighted by atomic mass is 10.2. The van der Waals surface area contributed by atoms with E-state index < -0.39 is 0 Å². The standard InChI is InChI=1S/C20H33N5O2.HI/c1-2-21-20(23-8-5-12-27-18-7-13-26-16-18)24-15-17-6-9-22-19(14-17)25-10-3-4-11-25;/h6,9,14,18H,2-5,7-8,10-13,15-16H2,1H3,(H2,21,23,24);1H. The van der Waals surface area contributed by atoms with Crippen molar-refractivity contribution < 1.29 is 9.47 Å². The number of anilines is 1. The average molecular weight is 503 g/mol. The molecule has 1 aromatic heterocycles. The number of halogens is 1. The van der Waals surface area contributed by atoms with Crippen molar-refractivity contribution in [2.75, 3.05) is 50.9 Å². The quantitative estimate of drug-likeness (QED) is 0.234. The van der Waals surface area contributed by atoms with Gasteiger partial charge in [0.15, 0.2) is 5.96 Å². The van der Waals surface area contributed by atoms with Crippen LogP contribution in [0.2, 0.25) is 0 Å². The number of nitrogens with zero attached hydrogens (tertiary/aromatic N) is 3. The highest BCUT2D eigenvalue weighted by Gasteiger charge is 2.15. The van der Waals surface area contributed by atoms with Crippen LogP contribution in [0.4, 0.5) is 5.82 Å². The zero-order valence-corrected chi connectivity index (χ0v) is 19.2. The molecule has 1 unspecified atom stereocenters. The molecule has 3 rings (SSSR count). The van der Waals surface area contributed by atoms with Crippen molar-refractivity contribution in [3.8, 4) is 0 Å². The molecule has 1 atom stereocenters. The van der Waals surface area contributed by atoms with Gasteiger partial charge in [-0.1, -0.05) is 0 Å². The van der Waals surface area contributed by atoms with Gasteiger partial charge < -0.3 is 25.0 Å². The molecule has 2 aliphatic rings. The lowest BCUT2D eigenvalue weighted by Crippen LogP contribution is -2.38. The van der Waals surface area contributed by atoms with Gasteiger partial charge in [-0.2, -0.15) is 0 Å². The van der Waals surface area contributed by atoms with Gasteiger partial charge in [0.2, 0.25) is 0 Å². The second-order valence-electron chi connectivity index (χ2n) is 7.05. The molecule has 0 aromatic carbocycles. The smallest absolute Gasteiger partial charge is 0.191 e. The number of aromatic nitrogens is 1. The number of rotatable bonds is 9. The van der Waals surface area contributed by atoms with Crippen LogP contribution < -0.4 is 15.5 Å². The van der Waals surface area contributed by atoms with Crippen LogP contribution in [0.15, 0.2) is 23.3 Å². The molecule has 2 aliphatic heterocycles. The number of guanidine groups is 1. The van der Waals surface area contributed by atoms with E-state index in [1.165, 1.54) is 18.4 Å². The molecule has 8 heteroatoms. The van der Waals surface area contributed by atoms with Gasteiger partial charge in [0, 0.05) is 45.6 Å². The Morgan fingerprint density at radius 2 is 2.21 bits per heavy atom. The van der Waals surface area contributed by atoms with Gasteiger partial charge >= 0.3 is 0 Å². The molecule has 158 valence electrons. The van der Waals surface area contributed by atoms with Crippen LogP contribution in [0.25, 0.3) is 0 Å². The lowest BCUT2D eigenvalue weighted by Gasteiger charge is -2.16. The summed E-state index contributed by atoms with van der Waals surface area (Å²) < 4.78 is 11.1. The van der Waals surface area contributed by atoms with E-state index >= 15 is 0 Å². The van der Waals surface area contributed by atoms with Gasteiger partial charge in [-0.3, -0.25) is 0 Å². The Morgan fingerprint density at radius 1 is 1.36 bits per heavy atom. The number of nitrogens with one attached hydrogen (secondary N) is 2. The summed E-state index contributed by atoms with van der Waals surface area (Å²) in [5.74, 6) is 1.92. The molecule has 0 bridgehead atoms. The molecular weight excluding hydrogens is 469 g/mol. The van der Waals surface area contributed by atoms with Gasteiger partial charge in [0.25, 0.3) is 0 Å². The van der Waals surface area contributed by atoms with Crippen molar-refractivity contribution >= 4 is 35.8 Å².